The van der Waals surface area contributed by atoms with E-state index in [0.29, 0.717) is 12.5 Å². The molecule has 2 N–H and O–H groups in total. The standard InChI is InChI=1S/C21H24N4O/c1-15-6-4-8-17(12-15)22-20(26)14-25-11-5-7-16(13-25)21-23-18-9-2-3-10-19(18)24-21/h2-4,6,8-10,12,16H,5,7,11,13-14H2,1H3,(H,22,26)(H,23,24). The van der Waals surface area contributed by atoms with E-state index < -0.39 is 0 Å². The molecule has 1 amide bonds. The predicted molar refractivity (Wildman–Crippen MR) is 104 cm³/mol. The van der Waals surface area contributed by atoms with Crippen molar-refractivity contribution < 1.29 is 4.79 Å². The van der Waals surface area contributed by atoms with Gasteiger partial charge in [-0.05, 0) is 56.1 Å². The van der Waals surface area contributed by atoms with Crippen LogP contribution in [-0.4, -0.2) is 40.4 Å². The number of imidazole rings is 1. The van der Waals surface area contributed by atoms with Gasteiger partial charge >= 0.3 is 0 Å². The highest BCUT2D eigenvalue weighted by Crippen LogP contribution is 2.26. The molecule has 0 bridgehead atoms. The van der Waals surface area contributed by atoms with E-state index >= 15 is 0 Å². The molecule has 1 fully saturated rings. The van der Waals surface area contributed by atoms with Crippen LogP contribution in [0.1, 0.15) is 30.1 Å². The first-order valence-corrected chi connectivity index (χ1v) is 9.21. The molecule has 1 aliphatic rings. The minimum absolute atomic E-state index is 0.0425. The third kappa shape index (κ3) is 3.78. The fourth-order valence-electron chi connectivity index (χ4n) is 3.71. The number of nitrogens with zero attached hydrogens (tertiary/aromatic N) is 2. The van der Waals surface area contributed by atoms with E-state index in [1.54, 1.807) is 0 Å². The van der Waals surface area contributed by atoms with Crippen LogP contribution in [0.25, 0.3) is 11.0 Å². The lowest BCUT2D eigenvalue weighted by molar-refractivity contribution is -0.117. The van der Waals surface area contributed by atoms with Gasteiger partial charge in [0.2, 0.25) is 5.91 Å². The van der Waals surface area contributed by atoms with Crippen molar-refractivity contribution in [1.82, 2.24) is 14.9 Å². The van der Waals surface area contributed by atoms with E-state index in [0.717, 1.165) is 54.0 Å². The molecule has 5 nitrogen and oxygen atoms in total. The Morgan fingerprint density at radius 2 is 2.15 bits per heavy atom. The second kappa shape index (κ2) is 7.30. The number of carbonyl (C=O) groups excluding carboxylic acids is 1. The number of likely N-dealkylation sites (tertiary alicyclic amines) is 1. The summed E-state index contributed by atoms with van der Waals surface area (Å²) in [5, 5.41) is 3.00. The van der Waals surface area contributed by atoms with Gasteiger partial charge in [0.15, 0.2) is 0 Å². The lowest BCUT2D eigenvalue weighted by atomic mass is 9.97. The normalized spacial score (nSPS) is 18.1. The van der Waals surface area contributed by atoms with E-state index in [1.807, 2.05) is 49.4 Å². The van der Waals surface area contributed by atoms with E-state index in [1.165, 1.54) is 0 Å². The van der Waals surface area contributed by atoms with E-state index in [-0.39, 0.29) is 5.91 Å². The smallest absolute Gasteiger partial charge is 0.238 e. The van der Waals surface area contributed by atoms with E-state index in [9.17, 15) is 4.79 Å². The van der Waals surface area contributed by atoms with Crippen molar-refractivity contribution >= 4 is 22.6 Å². The summed E-state index contributed by atoms with van der Waals surface area (Å²) < 4.78 is 0. The summed E-state index contributed by atoms with van der Waals surface area (Å²) in [6.45, 7) is 4.27. The highest BCUT2D eigenvalue weighted by atomic mass is 16.2. The van der Waals surface area contributed by atoms with Crippen molar-refractivity contribution in [2.75, 3.05) is 25.0 Å². The van der Waals surface area contributed by atoms with Gasteiger partial charge in [0.05, 0.1) is 17.6 Å². The molecule has 2 aromatic carbocycles. The SMILES string of the molecule is Cc1cccc(NC(=O)CN2CCCC(c3nc4ccccc4[nH]3)C2)c1. The molecule has 1 unspecified atom stereocenters. The first-order chi connectivity index (χ1) is 12.7. The third-order valence-electron chi connectivity index (χ3n) is 4.97. The molecule has 3 aromatic rings. The van der Waals surface area contributed by atoms with Gasteiger partial charge < -0.3 is 10.3 Å². The monoisotopic (exact) mass is 348 g/mol. The highest BCUT2D eigenvalue weighted by Gasteiger charge is 2.25. The molecule has 0 saturated carbocycles. The Bertz CT molecular complexity index is 884. The molecule has 2 heterocycles. The molecule has 134 valence electrons. The van der Waals surface area contributed by atoms with Gasteiger partial charge in [-0.25, -0.2) is 4.98 Å². The largest absolute Gasteiger partial charge is 0.342 e. The molecule has 0 radical (unpaired) electrons. The summed E-state index contributed by atoms with van der Waals surface area (Å²) in [6.07, 6.45) is 2.19. The average Bonchev–Trinajstić information content (AvgIpc) is 3.06. The Balaban J connectivity index is 1.39. The van der Waals surface area contributed by atoms with Crippen LogP contribution in [0.15, 0.2) is 48.5 Å². The number of fused-ring (bicyclic) bond motifs is 1. The Kier molecular flexibility index (Phi) is 4.71. The maximum atomic E-state index is 12.4. The van der Waals surface area contributed by atoms with Crippen molar-refractivity contribution in [3.05, 3.63) is 59.9 Å². The summed E-state index contributed by atoms with van der Waals surface area (Å²) in [5.41, 5.74) is 4.10. The van der Waals surface area contributed by atoms with Crippen molar-refractivity contribution in [3.8, 4) is 0 Å². The molecular formula is C21H24N4O. The second-order valence-electron chi connectivity index (χ2n) is 7.13. The number of aromatic nitrogens is 2. The average molecular weight is 348 g/mol. The molecule has 1 aliphatic heterocycles. The number of anilines is 1. The molecule has 26 heavy (non-hydrogen) atoms. The first-order valence-electron chi connectivity index (χ1n) is 9.21. The van der Waals surface area contributed by atoms with Gasteiger partial charge in [-0.1, -0.05) is 24.3 Å². The van der Waals surface area contributed by atoms with Gasteiger partial charge in [0, 0.05) is 18.2 Å². The molecule has 1 atom stereocenters. The van der Waals surface area contributed by atoms with Crippen molar-refractivity contribution in [1.29, 1.82) is 0 Å². The van der Waals surface area contributed by atoms with Crippen LogP contribution in [0.5, 0.6) is 0 Å². The number of amides is 1. The molecule has 0 aliphatic carbocycles. The summed E-state index contributed by atoms with van der Waals surface area (Å²) in [4.78, 5) is 22.8. The Morgan fingerprint density at radius 3 is 3.00 bits per heavy atom. The number of hydrogen-bond donors (Lipinski definition) is 2. The zero-order chi connectivity index (χ0) is 17.9. The van der Waals surface area contributed by atoms with Crippen molar-refractivity contribution in [3.63, 3.8) is 0 Å². The van der Waals surface area contributed by atoms with Gasteiger partial charge in [0.1, 0.15) is 5.82 Å². The fraction of sp³-hybridized carbons (Fsp3) is 0.333. The quantitative estimate of drug-likeness (QED) is 0.756. The lowest BCUT2D eigenvalue weighted by Gasteiger charge is -2.31. The maximum Gasteiger partial charge on any atom is 0.238 e. The number of benzene rings is 2. The van der Waals surface area contributed by atoms with Gasteiger partial charge in [-0.3, -0.25) is 9.69 Å². The number of aryl methyl sites for hydroxylation is 1. The van der Waals surface area contributed by atoms with Crippen molar-refractivity contribution in [2.24, 2.45) is 0 Å². The zero-order valence-corrected chi connectivity index (χ0v) is 15.0. The van der Waals surface area contributed by atoms with E-state index in [2.05, 4.69) is 21.3 Å². The highest BCUT2D eigenvalue weighted by molar-refractivity contribution is 5.92. The molecule has 5 heteroatoms. The second-order valence-corrected chi connectivity index (χ2v) is 7.13. The van der Waals surface area contributed by atoms with Gasteiger partial charge in [0.25, 0.3) is 0 Å². The van der Waals surface area contributed by atoms with Crippen LogP contribution < -0.4 is 5.32 Å². The Hall–Kier alpha value is -2.66. The topological polar surface area (TPSA) is 61.0 Å². The van der Waals surface area contributed by atoms with Crippen LogP contribution in [0, 0.1) is 6.92 Å². The zero-order valence-electron chi connectivity index (χ0n) is 15.0. The summed E-state index contributed by atoms with van der Waals surface area (Å²) >= 11 is 0. The number of carbonyl (C=O) groups is 1. The van der Waals surface area contributed by atoms with Gasteiger partial charge in [-0.2, -0.15) is 0 Å². The Labute approximate surface area is 153 Å². The molecule has 4 rings (SSSR count). The first kappa shape index (κ1) is 16.8. The van der Waals surface area contributed by atoms with E-state index in [4.69, 9.17) is 4.98 Å². The molecule has 1 aromatic heterocycles. The minimum Gasteiger partial charge on any atom is -0.342 e. The maximum absolute atomic E-state index is 12.4. The number of aromatic amines is 1. The van der Waals surface area contributed by atoms with Crippen LogP contribution >= 0.6 is 0 Å². The fourth-order valence-corrected chi connectivity index (χ4v) is 3.71. The molecule has 0 spiro atoms. The predicted octanol–water partition coefficient (Wildman–Crippen LogP) is 3.69. The number of para-hydroxylation sites is 2. The van der Waals surface area contributed by atoms with Crippen LogP contribution in [-0.2, 0) is 4.79 Å². The minimum atomic E-state index is 0.0425. The number of hydrogen-bond acceptors (Lipinski definition) is 3. The third-order valence-corrected chi connectivity index (χ3v) is 4.97. The molecule has 1 saturated heterocycles. The number of H-pyrrole nitrogens is 1. The van der Waals surface area contributed by atoms with Gasteiger partial charge in [-0.15, -0.1) is 0 Å². The summed E-state index contributed by atoms with van der Waals surface area (Å²) in [5.74, 6) is 1.43. The lowest BCUT2D eigenvalue weighted by Crippen LogP contribution is -2.40. The van der Waals surface area contributed by atoms with Crippen LogP contribution in [0.4, 0.5) is 5.69 Å². The Morgan fingerprint density at radius 1 is 1.27 bits per heavy atom. The number of piperidine rings is 1. The molecular weight excluding hydrogens is 324 g/mol. The number of rotatable bonds is 4. The van der Waals surface area contributed by atoms with Crippen LogP contribution in [0.2, 0.25) is 0 Å². The van der Waals surface area contributed by atoms with Crippen molar-refractivity contribution in [2.45, 2.75) is 25.7 Å². The summed E-state index contributed by atoms with van der Waals surface area (Å²) in [6, 6.07) is 16.0. The summed E-state index contributed by atoms with van der Waals surface area (Å²) in [7, 11) is 0. The van der Waals surface area contributed by atoms with Crippen LogP contribution in [0.3, 0.4) is 0 Å². The number of nitrogens with one attached hydrogen (secondary N) is 2.